The predicted octanol–water partition coefficient (Wildman–Crippen LogP) is 3.83. The monoisotopic (exact) mass is 523 g/mol. The van der Waals surface area contributed by atoms with Crippen LogP contribution in [0.15, 0.2) is 61.1 Å². The third-order valence-electron chi connectivity index (χ3n) is 7.58. The highest BCUT2D eigenvalue weighted by atomic mass is 16.5. The normalized spacial score (nSPS) is 16.8. The van der Waals surface area contributed by atoms with Crippen LogP contribution in [-0.4, -0.2) is 81.9 Å². The smallest absolute Gasteiger partial charge is 0.256 e. The van der Waals surface area contributed by atoms with Crippen LogP contribution in [0.2, 0.25) is 0 Å². The molecule has 9 nitrogen and oxygen atoms in total. The van der Waals surface area contributed by atoms with Gasteiger partial charge in [0.25, 0.3) is 5.91 Å². The predicted molar refractivity (Wildman–Crippen MR) is 152 cm³/mol. The largest absolute Gasteiger partial charge is 0.379 e. The Balaban J connectivity index is 1.22. The third kappa shape index (κ3) is 5.61. The Morgan fingerprint density at radius 3 is 2.69 bits per heavy atom. The van der Waals surface area contributed by atoms with Crippen LogP contribution in [0.1, 0.15) is 28.2 Å². The highest BCUT2D eigenvalue weighted by Crippen LogP contribution is 2.29. The quantitative estimate of drug-likeness (QED) is 0.411. The zero-order valence-corrected chi connectivity index (χ0v) is 22.4. The van der Waals surface area contributed by atoms with Crippen molar-refractivity contribution in [3.05, 3.63) is 78.0 Å². The second-order valence-electron chi connectivity index (χ2n) is 10.3. The van der Waals surface area contributed by atoms with E-state index in [1.807, 2.05) is 30.1 Å². The molecule has 0 bridgehead atoms. The van der Waals surface area contributed by atoms with Crippen molar-refractivity contribution >= 4 is 28.1 Å². The SMILES string of the molecule is CN1CC=C(c2cc(C(=O)Nc3cc4cc(-c5cnn(C)c5CN5CCOCC5)ccc4cn3)ccn2)CC1. The van der Waals surface area contributed by atoms with Crippen LogP contribution in [0, 0.1) is 0 Å². The van der Waals surface area contributed by atoms with Gasteiger partial charge in [0.15, 0.2) is 0 Å². The van der Waals surface area contributed by atoms with Crippen LogP contribution in [0.25, 0.3) is 27.5 Å². The van der Waals surface area contributed by atoms with Crippen LogP contribution in [0.3, 0.4) is 0 Å². The lowest BCUT2D eigenvalue weighted by molar-refractivity contribution is 0.0332. The second-order valence-corrected chi connectivity index (χ2v) is 10.3. The summed E-state index contributed by atoms with van der Waals surface area (Å²) in [6.07, 6.45) is 8.54. The number of anilines is 1. The zero-order chi connectivity index (χ0) is 26.8. The van der Waals surface area contributed by atoms with Crippen molar-refractivity contribution in [2.45, 2.75) is 13.0 Å². The Labute approximate surface area is 228 Å². The van der Waals surface area contributed by atoms with E-state index in [1.165, 1.54) is 11.3 Å². The van der Waals surface area contributed by atoms with Gasteiger partial charge in [-0.3, -0.25) is 19.4 Å². The fraction of sp³-hybridized carbons (Fsp3) is 0.333. The molecule has 1 aromatic carbocycles. The zero-order valence-electron chi connectivity index (χ0n) is 22.4. The maximum absolute atomic E-state index is 13.1. The van der Waals surface area contributed by atoms with Crippen molar-refractivity contribution in [1.82, 2.24) is 29.5 Å². The summed E-state index contributed by atoms with van der Waals surface area (Å²) in [5.74, 6) is 0.316. The van der Waals surface area contributed by atoms with Gasteiger partial charge in [-0.25, -0.2) is 4.98 Å². The summed E-state index contributed by atoms with van der Waals surface area (Å²) in [5.41, 5.74) is 5.98. The van der Waals surface area contributed by atoms with Gasteiger partial charge >= 0.3 is 0 Å². The Bertz CT molecular complexity index is 1540. The lowest BCUT2D eigenvalue weighted by Gasteiger charge is -2.27. The molecule has 1 fully saturated rings. The maximum atomic E-state index is 13.1. The summed E-state index contributed by atoms with van der Waals surface area (Å²) in [7, 11) is 4.09. The molecule has 0 radical (unpaired) electrons. The molecule has 4 aromatic rings. The number of aromatic nitrogens is 4. The molecular weight excluding hydrogens is 490 g/mol. The Kier molecular flexibility index (Phi) is 7.19. The number of benzene rings is 1. The molecule has 39 heavy (non-hydrogen) atoms. The first-order chi connectivity index (χ1) is 19.0. The molecule has 9 heteroatoms. The molecule has 2 aliphatic rings. The van der Waals surface area contributed by atoms with E-state index in [2.05, 4.69) is 61.5 Å². The van der Waals surface area contributed by atoms with E-state index in [4.69, 9.17) is 4.74 Å². The number of carbonyl (C=O) groups excluding carboxylic acids is 1. The average molecular weight is 524 g/mol. The van der Waals surface area contributed by atoms with Gasteiger partial charge in [0.2, 0.25) is 0 Å². The molecule has 0 unspecified atom stereocenters. The van der Waals surface area contributed by atoms with Crippen LogP contribution in [0.4, 0.5) is 5.82 Å². The molecule has 0 saturated carbocycles. The van der Waals surface area contributed by atoms with E-state index < -0.39 is 0 Å². The van der Waals surface area contributed by atoms with Gasteiger partial charge in [-0.15, -0.1) is 0 Å². The summed E-state index contributed by atoms with van der Waals surface area (Å²) in [6, 6.07) is 11.9. The van der Waals surface area contributed by atoms with Gasteiger partial charge in [-0.2, -0.15) is 5.10 Å². The highest BCUT2D eigenvalue weighted by molar-refractivity contribution is 6.05. The first-order valence-electron chi connectivity index (χ1n) is 13.4. The average Bonchev–Trinajstić information content (AvgIpc) is 3.33. The van der Waals surface area contributed by atoms with Crippen molar-refractivity contribution in [3.63, 3.8) is 0 Å². The number of hydrogen-bond acceptors (Lipinski definition) is 7. The molecule has 3 aromatic heterocycles. The van der Waals surface area contributed by atoms with Crippen LogP contribution < -0.4 is 5.32 Å². The molecule has 6 rings (SSSR count). The molecule has 200 valence electrons. The topological polar surface area (TPSA) is 88.4 Å². The Morgan fingerprint density at radius 1 is 1.00 bits per heavy atom. The molecule has 1 N–H and O–H groups in total. The maximum Gasteiger partial charge on any atom is 0.256 e. The standard InChI is InChI=1S/C30H33N7O2/c1-35-9-6-21(7-10-35)27-16-23(5-8-31-27)30(38)34-29-17-25-15-22(3-4-24(25)18-32-29)26-19-33-36(2)28(26)20-37-11-13-39-14-12-37/h3-6,8,15-19H,7,9-14,20H2,1-2H3,(H,32,34,38). The van der Waals surface area contributed by atoms with E-state index in [0.29, 0.717) is 11.4 Å². The number of nitrogens with zero attached hydrogens (tertiary/aromatic N) is 6. The number of ether oxygens (including phenoxy) is 1. The van der Waals surface area contributed by atoms with Crippen LogP contribution in [0.5, 0.6) is 0 Å². The molecule has 0 aliphatic carbocycles. The summed E-state index contributed by atoms with van der Waals surface area (Å²) >= 11 is 0. The molecule has 0 spiro atoms. The number of likely N-dealkylation sites (N-methyl/N-ethyl adjacent to an activating group) is 1. The summed E-state index contributed by atoms with van der Waals surface area (Å²) in [4.78, 5) is 26.8. The minimum atomic E-state index is -0.199. The molecule has 1 saturated heterocycles. The lowest BCUT2D eigenvalue weighted by atomic mass is 10.0. The number of carbonyl (C=O) groups is 1. The number of aryl methyl sites for hydroxylation is 1. The van der Waals surface area contributed by atoms with E-state index in [9.17, 15) is 4.79 Å². The summed E-state index contributed by atoms with van der Waals surface area (Å²) < 4.78 is 7.47. The minimum Gasteiger partial charge on any atom is -0.379 e. The van der Waals surface area contributed by atoms with E-state index in [0.717, 1.165) is 80.0 Å². The number of morpholine rings is 1. The number of amides is 1. The van der Waals surface area contributed by atoms with Gasteiger partial charge < -0.3 is 15.0 Å². The number of rotatable bonds is 6. The lowest BCUT2D eigenvalue weighted by Crippen LogP contribution is -2.36. The van der Waals surface area contributed by atoms with Gasteiger partial charge in [0, 0.05) is 68.7 Å². The van der Waals surface area contributed by atoms with E-state index in [1.54, 1.807) is 18.5 Å². The van der Waals surface area contributed by atoms with Gasteiger partial charge in [0.1, 0.15) is 5.82 Å². The van der Waals surface area contributed by atoms with Crippen molar-refractivity contribution in [2.75, 3.05) is 51.8 Å². The minimum absolute atomic E-state index is 0.199. The fourth-order valence-corrected chi connectivity index (χ4v) is 5.18. The van der Waals surface area contributed by atoms with Gasteiger partial charge in [0.05, 0.1) is 30.8 Å². The molecule has 2 aliphatic heterocycles. The first kappa shape index (κ1) is 25.4. The van der Waals surface area contributed by atoms with Crippen LogP contribution >= 0.6 is 0 Å². The number of fused-ring (bicyclic) bond motifs is 1. The molecular formula is C30H33N7O2. The van der Waals surface area contributed by atoms with Crippen molar-refractivity contribution in [3.8, 4) is 11.1 Å². The summed E-state index contributed by atoms with van der Waals surface area (Å²) in [5, 5.41) is 9.54. The number of nitrogens with one attached hydrogen (secondary N) is 1. The van der Waals surface area contributed by atoms with Crippen LogP contribution in [-0.2, 0) is 18.3 Å². The molecule has 5 heterocycles. The van der Waals surface area contributed by atoms with Crippen molar-refractivity contribution in [1.29, 1.82) is 0 Å². The molecule has 0 atom stereocenters. The van der Waals surface area contributed by atoms with Crippen molar-refractivity contribution < 1.29 is 9.53 Å². The summed E-state index contributed by atoms with van der Waals surface area (Å²) in [6.45, 7) is 6.08. The van der Waals surface area contributed by atoms with Gasteiger partial charge in [-0.1, -0.05) is 18.2 Å². The Morgan fingerprint density at radius 2 is 1.87 bits per heavy atom. The highest BCUT2D eigenvalue weighted by Gasteiger charge is 2.18. The first-order valence-corrected chi connectivity index (χ1v) is 13.4. The molecule has 1 amide bonds. The number of pyridine rings is 2. The third-order valence-corrected chi connectivity index (χ3v) is 7.58. The van der Waals surface area contributed by atoms with E-state index >= 15 is 0 Å². The van der Waals surface area contributed by atoms with E-state index in [-0.39, 0.29) is 5.91 Å². The fourth-order valence-electron chi connectivity index (χ4n) is 5.18. The Hall–Kier alpha value is -3.92. The number of hydrogen-bond donors (Lipinski definition) is 1. The second kappa shape index (κ2) is 11.1. The van der Waals surface area contributed by atoms with Gasteiger partial charge in [-0.05, 0) is 54.3 Å². The van der Waals surface area contributed by atoms with Crippen molar-refractivity contribution in [2.24, 2.45) is 7.05 Å².